The molecule has 2 N–H and O–H groups in total. The van der Waals surface area contributed by atoms with Crippen molar-refractivity contribution in [1.29, 1.82) is 0 Å². The van der Waals surface area contributed by atoms with Crippen LogP contribution in [0.4, 0.5) is 0 Å². The number of aromatic nitrogens is 2. The van der Waals surface area contributed by atoms with Crippen LogP contribution in [-0.4, -0.2) is 37.8 Å². The molecule has 1 aliphatic heterocycles. The molecule has 3 heterocycles. The van der Waals surface area contributed by atoms with Crippen molar-refractivity contribution in [3.63, 3.8) is 0 Å². The molecule has 4 rings (SSSR count). The lowest BCUT2D eigenvalue weighted by molar-refractivity contribution is 0.223. The Morgan fingerprint density at radius 3 is 2.52 bits per heavy atom. The second-order valence-electron chi connectivity index (χ2n) is 7.54. The number of hydrogen-bond donors (Lipinski definition) is 2. The molecule has 1 aliphatic rings. The molecule has 0 saturated carbocycles. The van der Waals surface area contributed by atoms with E-state index in [1.807, 2.05) is 18.2 Å². The van der Waals surface area contributed by atoms with Crippen LogP contribution in [0.1, 0.15) is 40.3 Å². The van der Waals surface area contributed by atoms with Gasteiger partial charge in [0.25, 0.3) is 0 Å². The van der Waals surface area contributed by atoms with Gasteiger partial charge in [-0.25, -0.2) is 0 Å². The highest BCUT2D eigenvalue weighted by Gasteiger charge is 2.41. The van der Waals surface area contributed by atoms with E-state index in [1.165, 1.54) is 22.5 Å². The van der Waals surface area contributed by atoms with Crippen molar-refractivity contribution in [1.82, 2.24) is 19.8 Å². The van der Waals surface area contributed by atoms with E-state index in [-0.39, 0.29) is 18.7 Å². The number of pyridine rings is 1. The van der Waals surface area contributed by atoms with E-state index < -0.39 is 0 Å². The minimum absolute atomic E-state index is 0.0325. The van der Waals surface area contributed by atoms with Crippen molar-refractivity contribution < 1.29 is 5.11 Å². The number of rotatable bonds is 5. The van der Waals surface area contributed by atoms with Crippen molar-refractivity contribution in [2.75, 3.05) is 13.2 Å². The zero-order chi connectivity index (χ0) is 20.5. The van der Waals surface area contributed by atoms with E-state index in [4.69, 9.17) is 12.2 Å². The lowest BCUT2D eigenvalue weighted by atomic mass is 9.97. The average molecular weight is 407 g/mol. The van der Waals surface area contributed by atoms with Gasteiger partial charge in [-0.2, -0.15) is 0 Å². The lowest BCUT2D eigenvalue weighted by Gasteiger charge is -2.27. The smallest absolute Gasteiger partial charge is 0.170 e. The first-order chi connectivity index (χ1) is 14.0. The van der Waals surface area contributed by atoms with Crippen LogP contribution in [0, 0.1) is 20.8 Å². The Balaban J connectivity index is 1.82. The number of nitrogens with one attached hydrogen (secondary N) is 1. The van der Waals surface area contributed by atoms with Gasteiger partial charge < -0.3 is 19.9 Å². The fraction of sp³-hybridized carbons (Fsp3) is 0.304. The van der Waals surface area contributed by atoms with E-state index >= 15 is 0 Å². The molecular weight excluding hydrogens is 380 g/mol. The molecule has 0 spiro atoms. The van der Waals surface area contributed by atoms with Crippen LogP contribution in [0.3, 0.4) is 0 Å². The number of hydrogen-bond acceptors (Lipinski definition) is 3. The maximum Gasteiger partial charge on any atom is 0.170 e. The Morgan fingerprint density at radius 2 is 1.86 bits per heavy atom. The molecule has 0 radical (unpaired) electrons. The van der Waals surface area contributed by atoms with Gasteiger partial charge in [0, 0.05) is 29.8 Å². The number of thiocarbonyl (C=S) groups is 1. The first-order valence-electron chi connectivity index (χ1n) is 9.86. The van der Waals surface area contributed by atoms with Gasteiger partial charge in [-0.1, -0.05) is 23.8 Å². The Bertz CT molecular complexity index is 1010. The van der Waals surface area contributed by atoms with Crippen LogP contribution >= 0.6 is 12.2 Å². The van der Waals surface area contributed by atoms with E-state index in [0.717, 1.165) is 11.4 Å². The van der Waals surface area contributed by atoms with E-state index in [0.29, 0.717) is 11.7 Å². The summed E-state index contributed by atoms with van der Waals surface area (Å²) in [6, 6.07) is 16.6. The number of aliphatic hydroxyl groups is 1. The van der Waals surface area contributed by atoms with Crippen LogP contribution in [-0.2, 0) is 0 Å². The third-order valence-electron chi connectivity index (χ3n) is 5.62. The van der Waals surface area contributed by atoms with Gasteiger partial charge in [-0.15, -0.1) is 0 Å². The molecule has 0 aliphatic carbocycles. The number of aryl methyl sites for hydroxylation is 2. The summed E-state index contributed by atoms with van der Waals surface area (Å²) in [7, 11) is 0. The Morgan fingerprint density at radius 1 is 1.10 bits per heavy atom. The summed E-state index contributed by atoms with van der Waals surface area (Å²) in [5.41, 5.74) is 6.87. The second-order valence-corrected chi connectivity index (χ2v) is 7.93. The summed E-state index contributed by atoms with van der Waals surface area (Å²) >= 11 is 5.62. The minimum atomic E-state index is -0.0674. The maximum atomic E-state index is 9.65. The highest BCUT2D eigenvalue weighted by molar-refractivity contribution is 7.80. The van der Waals surface area contributed by atoms with Gasteiger partial charge in [-0.05, 0) is 68.9 Å². The molecule has 5 nitrogen and oxygen atoms in total. The molecule has 150 valence electrons. The highest BCUT2D eigenvalue weighted by atomic mass is 32.1. The molecular formula is C23H26N4OS. The first-order valence-corrected chi connectivity index (χ1v) is 10.3. The molecule has 1 aromatic carbocycles. The van der Waals surface area contributed by atoms with Crippen LogP contribution in [0.5, 0.6) is 0 Å². The van der Waals surface area contributed by atoms with Crippen LogP contribution in [0.2, 0.25) is 0 Å². The van der Waals surface area contributed by atoms with Gasteiger partial charge >= 0.3 is 0 Å². The normalized spacial score (nSPS) is 18.9. The number of benzene rings is 1. The molecule has 0 unspecified atom stereocenters. The Kier molecular flexibility index (Phi) is 5.39. The van der Waals surface area contributed by atoms with Gasteiger partial charge in [0.15, 0.2) is 5.11 Å². The van der Waals surface area contributed by atoms with Crippen molar-refractivity contribution >= 4 is 17.3 Å². The molecule has 1 saturated heterocycles. The van der Waals surface area contributed by atoms with Gasteiger partial charge in [0.1, 0.15) is 0 Å². The van der Waals surface area contributed by atoms with Crippen molar-refractivity contribution in [3.05, 3.63) is 82.9 Å². The van der Waals surface area contributed by atoms with Gasteiger partial charge in [-0.3, -0.25) is 4.98 Å². The molecule has 2 atom stereocenters. The standard InChI is InChI=1S/C23H26N4OS/c1-15-7-9-18(10-8-15)27-16(2)14-19(17(27)3)22-21(20-6-4-5-11-24-20)25-23(29)26(22)12-13-28/h4-11,14,21-22,28H,12-13H2,1-3H3,(H,25,29)/t21-,22+/m1/s1. The zero-order valence-corrected chi connectivity index (χ0v) is 17.8. The minimum Gasteiger partial charge on any atom is -0.395 e. The third-order valence-corrected chi connectivity index (χ3v) is 5.97. The maximum absolute atomic E-state index is 9.65. The monoisotopic (exact) mass is 406 g/mol. The fourth-order valence-corrected chi connectivity index (χ4v) is 4.60. The summed E-state index contributed by atoms with van der Waals surface area (Å²) < 4.78 is 2.28. The SMILES string of the molecule is Cc1ccc(-n2c(C)cc([C@H]3[C@@H](c4ccccn4)NC(=S)N3CCO)c2C)cc1. The highest BCUT2D eigenvalue weighted by Crippen LogP contribution is 2.41. The van der Waals surface area contributed by atoms with Crippen molar-refractivity contribution in [2.24, 2.45) is 0 Å². The summed E-state index contributed by atoms with van der Waals surface area (Å²) in [6.45, 7) is 6.90. The van der Waals surface area contributed by atoms with E-state index in [9.17, 15) is 5.11 Å². The first kappa shape index (κ1) is 19.6. The van der Waals surface area contributed by atoms with Crippen LogP contribution < -0.4 is 5.32 Å². The predicted molar refractivity (Wildman–Crippen MR) is 119 cm³/mol. The van der Waals surface area contributed by atoms with Gasteiger partial charge in [0.05, 0.1) is 24.4 Å². The fourth-order valence-electron chi connectivity index (χ4n) is 4.27. The molecule has 29 heavy (non-hydrogen) atoms. The molecule has 1 fully saturated rings. The predicted octanol–water partition coefficient (Wildman–Crippen LogP) is 3.76. The molecule has 0 bridgehead atoms. The summed E-state index contributed by atoms with van der Waals surface area (Å²) in [4.78, 5) is 6.65. The number of β-amino-alcohol motifs (C(OH)–C–C–N with tert-alkyl or cyclic N) is 1. The van der Waals surface area contributed by atoms with E-state index in [1.54, 1.807) is 6.20 Å². The molecule has 0 amide bonds. The Labute approximate surface area is 177 Å². The Hall–Kier alpha value is -2.70. The number of nitrogens with zero attached hydrogens (tertiary/aromatic N) is 3. The van der Waals surface area contributed by atoms with Gasteiger partial charge in [0.2, 0.25) is 0 Å². The second kappa shape index (κ2) is 7.97. The van der Waals surface area contributed by atoms with Crippen LogP contribution in [0.25, 0.3) is 5.69 Å². The largest absolute Gasteiger partial charge is 0.395 e. The zero-order valence-electron chi connectivity index (χ0n) is 17.0. The molecule has 6 heteroatoms. The third kappa shape index (κ3) is 3.54. The molecule has 3 aromatic rings. The van der Waals surface area contributed by atoms with Crippen molar-refractivity contribution in [3.8, 4) is 5.69 Å². The summed E-state index contributed by atoms with van der Waals surface area (Å²) in [5.74, 6) is 0. The van der Waals surface area contributed by atoms with Crippen LogP contribution in [0.15, 0.2) is 54.7 Å². The van der Waals surface area contributed by atoms with Crippen molar-refractivity contribution in [2.45, 2.75) is 32.9 Å². The quantitative estimate of drug-likeness (QED) is 0.632. The lowest BCUT2D eigenvalue weighted by Crippen LogP contribution is -2.32. The topological polar surface area (TPSA) is 53.3 Å². The molecule has 2 aromatic heterocycles. The summed E-state index contributed by atoms with van der Waals surface area (Å²) in [6.07, 6.45) is 1.81. The summed E-state index contributed by atoms with van der Waals surface area (Å²) in [5, 5.41) is 13.7. The average Bonchev–Trinajstić information content (AvgIpc) is 3.20. The van der Waals surface area contributed by atoms with E-state index in [2.05, 4.69) is 70.9 Å². The number of aliphatic hydroxyl groups excluding tert-OH is 1.